The van der Waals surface area contributed by atoms with Crippen LogP contribution in [0.1, 0.15) is 0 Å². The van der Waals surface area contributed by atoms with Gasteiger partial charge in [0.15, 0.2) is 0 Å². The molecule has 0 heterocycles. The Bertz CT molecular complexity index is 142. The monoisotopic (exact) mass is 128 g/mol. The Kier molecular flexibility index (Phi) is 3.12. The van der Waals surface area contributed by atoms with Crippen LogP contribution >= 0.6 is 0 Å². The quantitative estimate of drug-likeness (QED) is 0.473. The zero-order valence-electron chi connectivity index (χ0n) is 5.10. The molecule has 0 aromatic carbocycles. The molecule has 4 nitrogen and oxygen atoms in total. The van der Waals surface area contributed by atoms with E-state index in [0.29, 0.717) is 0 Å². The second-order valence-corrected chi connectivity index (χ2v) is 1.27. The van der Waals surface area contributed by atoms with E-state index in [2.05, 4.69) is 11.9 Å². The fourth-order valence-electron chi connectivity index (χ4n) is 0.225. The van der Waals surface area contributed by atoms with Crippen molar-refractivity contribution >= 4 is 11.9 Å². The van der Waals surface area contributed by atoms with Crippen molar-refractivity contribution < 1.29 is 9.59 Å². The van der Waals surface area contributed by atoms with Crippen molar-refractivity contribution in [1.29, 1.82) is 0 Å². The molecule has 0 saturated heterocycles. The van der Waals surface area contributed by atoms with E-state index < -0.39 is 11.9 Å². The highest BCUT2D eigenvalue weighted by Gasteiger charge is 1.97. The molecular formula is C5H8N2O2. The Morgan fingerprint density at radius 3 is 2.44 bits per heavy atom. The third kappa shape index (κ3) is 3.28. The van der Waals surface area contributed by atoms with Crippen molar-refractivity contribution in [3.05, 3.63) is 12.7 Å². The number of nitrogens with one attached hydrogen (secondary N) is 2. The van der Waals surface area contributed by atoms with Gasteiger partial charge in [-0.15, -0.1) is 0 Å². The summed E-state index contributed by atoms with van der Waals surface area (Å²) in [6.45, 7) is 3.16. The number of rotatable bonds is 1. The average molecular weight is 128 g/mol. The van der Waals surface area contributed by atoms with Crippen molar-refractivity contribution in [3.63, 3.8) is 0 Å². The average Bonchev–Trinajstić information content (AvgIpc) is 1.87. The molecule has 0 saturated carbocycles. The normalized spacial score (nSPS) is 7.67. The number of amides is 3. The van der Waals surface area contributed by atoms with Crippen LogP contribution in [0.15, 0.2) is 12.7 Å². The van der Waals surface area contributed by atoms with Gasteiger partial charge in [-0.05, 0) is 6.08 Å². The highest BCUT2D eigenvalue weighted by atomic mass is 16.2. The van der Waals surface area contributed by atoms with Crippen molar-refractivity contribution in [2.24, 2.45) is 0 Å². The van der Waals surface area contributed by atoms with Gasteiger partial charge in [0.2, 0.25) is 0 Å². The molecule has 2 N–H and O–H groups in total. The minimum Gasteiger partial charge on any atom is -0.341 e. The molecule has 50 valence electrons. The van der Waals surface area contributed by atoms with Gasteiger partial charge < -0.3 is 5.32 Å². The standard InChI is InChI=1S/C5H8N2O2/c1-3-4(8)7-5(9)6-2/h3H,1H2,2H3,(H2,6,7,8,9). The first kappa shape index (κ1) is 7.68. The number of hydrogen-bond donors (Lipinski definition) is 2. The Morgan fingerprint density at radius 2 is 2.11 bits per heavy atom. The molecule has 4 heteroatoms. The molecule has 0 atom stereocenters. The smallest absolute Gasteiger partial charge is 0.321 e. The van der Waals surface area contributed by atoms with E-state index in [1.807, 2.05) is 5.32 Å². The van der Waals surface area contributed by atoms with Crippen molar-refractivity contribution in [2.75, 3.05) is 7.05 Å². The molecule has 0 bridgehead atoms. The van der Waals surface area contributed by atoms with Gasteiger partial charge in [0.05, 0.1) is 0 Å². The van der Waals surface area contributed by atoms with E-state index in [1.165, 1.54) is 7.05 Å². The van der Waals surface area contributed by atoms with E-state index in [9.17, 15) is 9.59 Å². The van der Waals surface area contributed by atoms with Gasteiger partial charge >= 0.3 is 6.03 Å². The number of imide groups is 1. The Morgan fingerprint density at radius 1 is 1.56 bits per heavy atom. The van der Waals surface area contributed by atoms with E-state index >= 15 is 0 Å². The summed E-state index contributed by atoms with van der Waals surface area (Å²) in [6, 6.07) is -0.528. The molecule has 0 aliphatic heterocycles. The first-order chi connectivity index (χ1) is 4.20. The Hall–Kier alpha value is -1.32. The van der Waals surface area contributed by atoms with Gasteiger partial charge in [-0.1, -0.05) is 6.58 Å². The second kappa shape index (κ2) is 3.65. The van der Waals surface area contributed by atoms with E-state index in [0.717, 1.165) is 6.08 Å². The highest BCUT2D eigenvalue weighted by molar-refractivity contribution is 5.99. The van der Waals surface area contributed by atoms with Gasteiger partial charge in [0, 0.05) is 7.05 Å². The number of urea groups is 1. The largest absolute Gasteiger partial charge is 0.341 e. The maximum Gasteiger partial charge on any atom is 0.321 e. The number of hydrogen-bond acceptors (Lipinski definition) is 2. The summed E-state index contributed by atoms with van der Waals surface area (Å²) in [5.74, 6) is -0.505. The zero-order chi connectivity index (χ0) is 7.28. The molecule has 0 unspecified atom stereocenters. The molecule has 0 spiro atoms. The van der Waals surface area contributed by atoms with Gasteiger partial charge in [0.25, 0.3) is 5.91 Å². The van der Waals surface area contributed by atoms with Crippen LogP contribution in [-0.4, -0.2) is 19.0 Å². The van der Waals surface area contributed by atoms with E-state index in [4.69, 9.17) is 0 Å². The van der Waals surface area contributed by atoms with Crippen LogP contribution in [0.5, 0.6) is 0 Å². The molecule has 3 amide bonds. The number of carbonyl (C=O) groups is 2. The summed E-state index contributed by atoms with van der Waals surface area (Å²) in [7, 11) is 1.42. The van der Waals surface area contributed by atoms with Crippen LogP contribution in [0.25, 0.3) is 0 Å². The third-order valence-corrected chi connectivity index (χ3v) is 0.649. The topological polar surface area (TPSA) is 58.2 Å². The molecule has 0 rings (SSSR count). The lowest BCUT2D eigenvalue weighted by Crippen LogP contribution is -2.36. The van der Waals surface area contributed by atoms with Gasteiger partial charge in [-0.3, -0.25) is 10.1 Å². The molecule has 0 fully saturated rings. The highest BCUT2D eigenvalue weighted by Crippen LogP contribution is 1.65. The zero-order valence-corrected chi connectivity index (χ0v) is 5.10. The lowest BCUT2D eigenvalue weighted by atomic mass is 10.6. The lowest BCUT2D eigenvalue weighted by Gasteiger charge is -1.96. The van der Waals surface area contributed by atoms with Crippen LogP contribution in [0.2, 0.25) is 0 Å². The Labute approximate surface area is 52.9 Å². The first-order valence-corrected chi connectivity index (χ1v) is 2.36. The van der Waals surface area contributed by atoms with E-state index in [-0.39, 0.29) is 0 Å². The molecule has 0 radical (unpaired) electrons. The molecule has 0 aliphatic carbocycles. The molecule has 0 aromatic rings. The summed E-state index contributed by atoms with van der Waals surface area (Å²) < 4.78 is 0. The predicted molar refractivity (Wildman–Crippen MR) is 32.8 cm³/mol. The predicted octanol–water partition coefficient (Wildman–Crippen LogP) is -0.372. The summed E-state index contributed by atoms with van der Waals surface area (Å²) in [6.07, 6.45) is 1.02. The van der Waals surface area contributed by atoms with Crippen molar-refractivity contribution in [2.45, 2.75) is 0 Å². The van der Waals surface area contributed by atoms with Crippen LogP contribution < -0.4 is 10.6 Å². The van der Waals surface area contributed by atoms with E-state index in [1.54, 1.807) is 0 Å². The fourth-order valence-corrected chi connectivity index (χ4v) is 0.225. The summed E-state index contributed by atoms with van der Waals surface area (Å²) in [5, 5.41) is 4.18. The van der Waals surface area contributed by atoms with Gasteiger partial charge in [0.1, 0.15) is 0 Å². The fraction of sp³-hybridized carbons (Fsp3) is 0.200. The molecule has 0 aliphatic rings. The van der Waals surface area contributed by atoms with Crippen LogP contribution in [0.4, 0.5) is 4.79 Å². The maximum atomic E-state index is 10.3. The number of carbonyl (C=O) groups excluding carboxylic acids is 2. The van der Waals surface area contributed by atoms with Crippen LogP contribution in [0.3, 0.4) is 0 Å². The maximum absolute atomic E-state index is 10.3. The minimum atomic E-state index is -0.528. The second-order valence-electron chi connectivity index (χ2n) is 1.27. The lowest BCUT2D eigenvalue weighted by molar-refractivity contribution is -0.115. The third-order valence-electron chi connectivity index (χ3n) is 0.649. The first-order valence-electron chi connectivity index (χ1n) is 2.36. The Balaban J connectivity index is 3.59. The summed E-state index contributed by atoms with van der Waals surface area (Å²) >= 11 is 0. The van der Waals surface area contributed by atoms with Crippen LogP contribution in [-0.2, 0) is 4.79 Å². The van der Waals surface area contributed by atoms with Crippen molar-refractivity contribution in [3.8, 4) is 0 Å². The molecular weight excluding hydrogens is 120 g/mol. The summed E-state index contributed by atoms with van der Waals surface area (Å²) in [4.78, 5) is 20.6. The van der Waals surface area contributed by atoms with Crippen molar-refractivity contribution in [1.82, 2.24) is 10.6 Å². The van der Waals surface area contributed by atoms with Gasteiger partial charge in [-0.2, -0.15) is 0 Å². The van der Waals surface area contributed by atoms with Gasteiger partial charge in [-0.25, -0.2) is 4.79 Å². The molecule has 0 aromatic heterocycles. The van der Waals surface area contributed by atoms with Crippen LogP contribution in [0, 0.1) is 0 Å². The SMILES string of the molecule is C=CC(=O)NC(=O)NC. The molecule has 9 heavy (non-hydrogen) atoms. The summed E-state index contributed by atoms with van der Waals surface area (Å²) in [5.41, 5.74) is 0. The minimum absolute atomic E-state index is 0.505.